The van der Waals surface area contributed by atoms with Gasteiger partial charge >= 0.3 is 0 Å². The third-order valence-electron chi connectivity index (χ3n) is 3.88. The molecule has 18 heavy (non-hydrogen) atoms. The molecule has 1 aromatic heterocycles. The van der Waals surface area contributed by atoms with E-state index in [1.54, 1.807) is 0 Å². The van der Waals surface area contributed by atoms with Crippen LogP contribution in [0.2, 0.25) is 0 Å². The number of hydrogen-bond acceptors (Lipinski definition) is 3. The largest absolute Gasteiger partial charge is 0.392 e. The van der Waals surface area contributed by atoms with Crippen LogP contribution in [-0.4, -0.2) is 22.2 Å². The molecular formula is C15H24N2O. The zero-order chi connectivity index (χ0) is 12.8. The summed E-state index contributed by atoms with van der Waals surface area (Å²) in [5.74, 6) is 0. The van der Waals surface area contributed by atoms with E-state index in [2.05, 4.69) is 23.3 Å². The highest BCUT2D eigenvalue weighted by Crippen LogP contribution is 2.18. The zero-order valence-electron chi connectivity index (χ0n) is 11.2. The zero-order valence-corrected chi connectivity index (χ0v) is 11.2. The van der Waals surface area contributed by atoms with Gasteiger partial charge in [0.15, 0.2) is 0 Å². The average molecular weight is 248 g/mol. The van der Waals surface area contributed by atoms with E-state index < -0.39 is 0 Å². The Morgan fingerprint density at radius 3 is 3.00 bits per heavy atom. The molecule has 0 radical (unpaired) electrons. The van der Waals surface area contributed by atoms with Crippen LogP contribution in [0.3, 0.4) is 0 Å². The van der Waals surface area contributed by atoms with Crippen LogP contribution in [0.5, 0.6) is 0 Å². The number of nitrogens with one attached hydrogen (secondary N) is 1. The lowest BCUT2D eigenvalue weighted by Gasteiger charge is -2.22. The Kier molecular flexibility index (Phi) is 5.14. The summed E-state index contributed by atoms with van der Waals surface area (Å²) < 4.78 is 0. The molecule has 2 atom stereocenters. The first kappa shape index (κ1) is 13.5. The van der Waals surface area contributed by atoms with Gasteiger partial charge < -0.3 is 10.4 Å². The molecule has 0 spiro atoms. The first-order chi connectivity index (χ1) is 8.81. The lowest BCUT2D eigenvalue weighted by atomic mass is 10.1. The lowest BCUT2D eigenvalue weighted by molar-refractivity contribution is 0.119. The van der Waals surface area contributed by atoms with E-state index in [-0.39, 0.29) is 12.1 Å². The number of pyridine rings is 1. The topological polar surface area (TPSA) is 45.2 Å². The van der Waals surface area contributed by atoms with Crippen molar-refractivity contribution in [3.8, 4) is 0 Å². The molecule has 1 saturated carbocycles. The second-order valence-corrected chi connectivity index (χ2v) is 5.16. The van der Waals surface area contributed by atoms with Crippen molar-refractivity contribution in [3.05, 3.63) is 29.6 Å². The molecule has 2 N–H and O–H groups in total. The van der Waals surface area contributed by atoms with Gasteiger partial charge in [-0.3, -0.25) is 4.98 Å². The van der Waals surface area contributed by atoms with Crippen molar-refractivity contribution in [1.29, 1.82) is 0 Å². The van der Waals surface area contributed by atoms with Crippen LogP contribution in [0.1, 0.15) is 50.3 Å². The van der Waals surface area contributed by atoms with Crippen molar-refractivity contribution in [2.24, 2.45) is 0 Å². The Morgan fingerprint density at radius 2 is 2.17 bits per heavy atom. The van der Waals surface area contributed by atoms with Gasteiger partial charge in [0.05, 0.1) is 11.8 Å². The molecule has 100 valence electrons. The molecular weight excluding hydrogens is 224 g/mol. The van der Waals surface area contributed by atoms with Gasteiger partial charge in [-0.15, -0.1) is 0 Å². The van der Waals surface area contributed by atoms with Crippen LogP contribution < -0.4 is 5.32 Å². The minimum atomic E-state index is -0.193. The van der Waals surface area contributed by atoms with E-state index in [1.165, 1.54) is 18.4 Å². The smallest absolute Gasteiger partial charge is 0.0693 e. The van der Waals surface area contributed by atoms with E-state index in [0.29, 0.717) is 0 Å². The lowest BCUT2D eigenvalue weighted by Crippen LogP contribution is -2.38. The first-order valence-corrected chi connectivity index (χ1v) is 7.15. The van der Waals surface area contributed by atoms with E-state index in [0.717, 1.165) is 37.9 Å². The SMILES string of the molecule is CCc1cccnc1CNC1CCCCCC1O. The van der Waals surface area contributed by atoms with Crippen LogP contribution in [0.25, 0.3) is 0 Å². The molecule has 0 saturated heterocycles. The van der Waals surface area contributed by atoms with Gasteiger partial charge in [-0.25, -0.2) is 0 Å². The Balaban J connectivity index is 1.93. The molecule has 0 bridgehead atoms. The van der Waals surface area contributed by atoms with E-state index in [4.69, 9.17) is 0 Å². The fraction of sp³-hybridized carbons (Fsp3) is 0.667. The van der Waals surface area contributed by atoms with Crippen molar-refractivity contribution in [2.45, 2.75) is 64.1 Å². The van der Waals surface area contributed by atoms with Gasteiger partial charge in [0.1, 0.15) is 0 Å². The third-order valence-corrected chi connectivity index (χ3v) is 3.88. The van der Waals surface area contributed by atoms with Crippen molar-refractivity contribution in [3.63, 3.8) is 0 Å². The number of hydrogen-bond donors (Lipinski definition) is 2. The minimum Gasteiger partial charge on any atom is -0.392 e. The third kappa shape index (κ3) is 3.53. The van der Waals surface area contributed by atoms with Crippen molar-refractivity contribution >= 4 is 0 Å². The summed E-state index contributed by atoms with van der Waals surface area (Å²) in [6.45, 7) is 2.92. The van der Waals surface area contributed by atoms with Crippen LogP contribution in [0, 0.1) is 0 Å². The number of nitrogens with zero attached hydrogens (tertiary/aromatic N) is 1. The Hall–Kier alpha value is -0.930. The maximum Gasteiger partial charge on any atom is 0.0693 e. The van der Waals surface area contributed by atoms with Crippen LogP contribution >= 0.6 is 0 Å². The van der Waals surface area contributed by atoms with Gasteiger partial charge in [0.2, 0.25) is 0 Å². The van der Waals surface area contributed by atoms with Crippen LogP contribution in [-0.2, 0) is 13.0 Å². The summed E-state index contributed by atoms with van der Waals surface area (Å²) >= 11 is 0. The monoisotopic (exact) mass is 248 g/mol. The molecule has 1 heterocycles. The fourth-order valence-electron chi connectivity index (χ4n) is 2.71. The molecule has 2 rings (SSSR count). The molecule has 1 aromatic rings. The molecule has 1 fully saturated rings. The Bertz CT molecular complexity index is 367. The minimum absolute atomic E-state index is 0.193. The average Bonchev–Trinajstić information content (AvgIpc) is 2.61. The van der Waals surface area contributed by atoms with E-state index >= 15 is 0 Å². The molecule has 0 amide bonds. The summed E-state index contributed by atoms with van der Waals surface area (Å²) in [7, 11) is 0. The summed E-state index contributed by atoms with van der Waals surface area (Å²) in [6.07, 6.45) is 8.30. The number of rotatable bonds is 4. The number of aliphatic hydroxyl groups is 1. The van der Waals surface area contributed by atoms with Crippen molar-refractivity contribution < 1.29 is 5.11 Å². The van der Waals surface area contributed by atoms with Crippen molar-refractivity contribution in [2.75, 3.05) is 0 Å². The molecule has 3 heteroatoms. The van der Waals surface area contributed by atoms with Gasteiger partial charge in [0.25, 0.3) is 0 Å². The second kappa shape index (κ2) is 6.86. The number of aromatic nitrogens is 1. The molecule has 0 aromatic carbocycles. The highest BCUT2D eigenvalue weighted by atomic mass is 16.3. The molecule has 1 aliphatic rings. The Labute approximate surface area is 110 Å². The van der Waals surface area contributed by atoms with Crippen LogP contribution in [0.15, 0.2) is 18.3 Å². The predicted octanol–water partition coefficient (Wildman–Crippen LogP) is 2.43. The Morgan fingerprint density at radius 1 is 1.33 bits per heavy atom. The van der Waals surface area contributed by atoms with E-state index in [1.807, 2.05) is 12.3 Å². The maximum atomic E-state index is 10.1. The molecule has 2 unspecified atom stereocenters. The predicted molar refractivity (Wildman–Crippen MR) is 73.3 cm³/mol. The standard InChI is InChI=1S/C15H24N2O/c1-2-12-7-6-10-16-14(12)11-17-13-8-4-3-5-9-15(13)18/h6-7,10,13,15,17-18H,2-5,8-9,11H2,1H3. The second-order valence-electron chi connectivity index (χ2n) is 5.16. The van der Waals surface area contributed by atoms with Crippen LogP contribution in [0.4, 0.5) is 0 Å². The molecule has 3 nitrogen and oxygen atoms in total. The molecule has 0 aliphatic heterocycles. The highest BCUT2D eigenvalue weighted by molar-refractivity contribution is 5.19. The summed E-state index contributed by atoms with van der Waals surface area (Å²) in [5, 5.41) is 13.6. The normalized spacial score (nSPS) is 24.8. The quantitative estimate of drug-likeness (QED) is 0.804. The fourth-order valence-corrected chi connectivity index (χ4v) is 2.71. The highest BCUT2D eigenvalue weighted by Gasteiger charge is 2.21. The maximum absolute atomic E-state index is 10.1. The first-order valence-electron chi connectivity index (χ1n) is 7.15. The summed E-state index contributed by atoms with van der Waals surface area (Å²) in [6, 6.07) is 4.36. The van der Waals surface area contributed by atoms with Gasteiger partial charge in [-0.1, -0.05) is 32.3 Å². The van der Waals surface area contributed by atoms with E-state index in [9.17, 15) is 5.11 Å². The molecule has 1 aliphatic carbocycles. The van der Waals surface area contributed by atoms with Crippen molar-refractivity contribution in [1.82, 2.24) is 10.3 Å². The number of aliphatic hydroxyl groups excluding tert-OH is 1. The van der Waals surface area contributed by atoms with Gasteiger partial charge in [-0.2, -0.15) is 0 Å². The van der Waals surface area contributed by atoms with Gasteiger partial charge in [-0.05, 0) is 30.9 Å². The van der Waals surface area contributed by atoms with Gasteiger partial charge in [0, 0.05) is 18.8 Å². The number of aryl methyl sites for hydroxylation is 1. The summed E-state index contributed by atoms with van der Waals surface area (Å²) in [5.41, 5.74) is 2.42. The summed E-state index contributed by atoms with van der Waals surface area (Å²) in [4.78, 5) is 4.44.